The lowest BCUT2D eigenvalue weighted by atomic mass is 9.76. The zero-order valence-electron chi connectivity index (χ0n) is 13.4. The van der Waals surface area contributed by atoms with E-state index in [9.17, 15) is 0 Å². The molecule has 20 heavy (non-hydrogen) atoms. The minimum Gasteiger partial charge on any atom is -0.490 e. The van der Waals surface area contributed by atoms with E-state index in [0.717, 1.165) is 12.2 Å². The summed E-state index contributed by atoms with van der Waals surface area (Å²) in [5.74, 6) is 1.03. The van der Waals surface area contributed by atoms with Crippen LogP contribution >= 0.6 is 0 Å². The van der Waals surface area contributed by atoms with Gasteiger partial charge in [0.15, 0.2) is 0 Å². The van der Waals surface area contributed by atoms with Crippen LogP contribution in [0.2, 0.25) is 0 Å². The molecule has 0 bridgehead atoms. The van der Waals surface area contributed by atoms with Crippen LogP contribution in [0.25, 0.3) is 0 Å². The Labute approximate surface area is 123 Å². The van der Waals surface area contributed by atoms with Gasteiger partial charge in [0.2, 0.25) is 0 Å². The van der Waals surface area contributed by atoms with Gasteiger partial charge in [-0.15, -0.1) is 0 Å². The molecule has 2 heteroatoms. The van der Waals surface area contributed by atoms with E-state index < -0.39 is 0 Å². The van der Waals surface area contributed by atoms with Gasteiger partial charge in [-0.2, -0.15) is 0 Å². The van der Waals surface area contributed by atoms with Crippen LogP contribution in [-0.2, 0) is 0 Å². The first-order valence-electron chi connectivity index (χ1n) is 7.98. The molecule has 0 heterocycles. The van der Waals surface area contributed by atoms with E-state index in [-0.39, 0.29) is 0 Å². The van der Waals surface area contributed by atoms with Crippen molar-refractivity contribution in [1.82, 2.24) is 5.32 Å². The van der Waals surface area contributed by atoms with E-state index >= 15 is 0 Å². The van der Waals surface area contributed by atoms with Crippen molar-refractivity contribution in [2.75, 3.05) is 7.05 Å². The maximum Gasteiger partial charge on any atom is 0.120 e. The Morgan fingerprint density at radius 1 is 1.30 bits per heavy atom. The van der Waals surface area contributed by atoms with E-state index in [1.807, 2.05) is 7.05 Å². The van der Waals surface area contributed by atoms with Gasteiger partial charge in [-0.25, -0.2) is 0 Å². The van der Waals surface area contributed by atoms with Crippen molar-refractivity contribution in [2.24, 2.45) is 5.41 Å². The number of benzene rings is 1. The third kappa shape index (κ3) is 3.99. The van der Waals surface area contributed by atoms with Crippen LogP contribution in [0.3, 0.4) is 0 Å². The molecule has 0 amide bonds. The lowest BCUT2D eigenvalue weighted by molar-refractivity contribution is 0.0986. The molecule has 2 rings (SSSR count). The van der Waals surface area contributed by atoms with E-state index in [1.54, 1.807) is 0 Å². The van der Waals surface area contributed by atoms with Crippen molar-refractivity contribution < 1.29 is 4.74 Å². The number of nitrogens with one attached hydrogen (secondary N) is 1. The Bertz CT molecular complexity index is 413. The molecule has 1 atom stereocenters. The van der Waals surface area contributed by atoms with Crippen molar-refractivity contribution in [3.05, 3.63) is 29.8 Å². The topological polar surface area (TPSA) is 21.3 Å². The molecule has 1 N–H and O–H groups in total. The molecule has 1 saturated carbocycles. The predicted molar refractivity (Wildman–Crippen MR) is 85.2 cm³/mol. The first-order chi connectivity index (χ1) is 9.54. The fourth-order valence-corrected chi connectivity index (χ4v) is 3.09. The molecule has 0 spiro atoms. The van der Waals surface area contributed by atoms with E-state index in [4.69, 9.17) is 4.74 Å². The highest BCUT2D eigenvalue weighted by Gasteiger charge is 2.27. The first-order valence-corrected chi connectivity index (χ1v) is 7.98. The molecule has 1 unspecified atom stereocenters. The third-order valence-electron chi connectivity index (χ3n) is 4.61. The van der Waals surface area contributed by atoms with Gasteiger partial charge >= 0.3 is 0 Å². The van der Waals surface area contributed by atoms with Gasteiger partial charge in [-0.05, 0) is 62.3 Å². The minimum atomic E-state index is 0.396. The third-order valence-corrected chi connectivity index (χ3v) is 4.61. The van der Waals surface area contributed by atoms with Crippen LogP contribution in [-0.4, -0.2) is 13.2 Å². The highest BCUT2D eigenvalue weighted by Crippen LogP contribution is 2.36. The SMILES string of the molecule is CCC(NC)c1cccc(OC2CCC(C)(C)CC2)c1. The molecule has 0 aliphatic heterocycles. The maximum absolute atomic E-state index is 6.20. The van der Waals surface area contributed by atoms with E-state index in [2.05, 4.69) is 50.4 Å². The van der Waals surface area contributed by atoms with Gasteiger partial charge in [0.25, 0.3) is 0 Å². The van der Waals surface area contributed by atoms with Crippen LogP contribution in [0.4, 0.5) is 0 Å². The van der Waals surface area contributed by atoms with Crippen LogP contribution in [0.5, 0.6) is 5.75 Å². The largest absolute Gasteiger partial charge is 0.490 e. The van der Waals surface area contributed by atoms with Gasteiger partial charge in [0.1, 0.15) is 5.75 Å². The van der Waals surface area contributed by atoms with E-state index in [1.165, 1.54) is 31.2 Å². The van der Waals surface area contributed by atoms with Crippen molar-refractivity contribution in [3.8, 4) is 5.75 Å². The quantitative estimate of drug-likeness (QED) is 0.840. The molecule has 1 aliphatic carbocycles. The average molecular weight is 275 g/mol. The van der Waals surface area contributed by atoms with Crippen molar-refractivity contribution in [2.45, 2.75) is 65.0 Å². The Morgan fingerprint density at radius 2 is 2.00 bits per heavy atom. The normalized spacial score (nSPS) is 20.6. The lowest BCUT2D eigenvalue weighted by Crippen LogP contribution is -2.28. The molecule has 1 aliphatic rings. The van der Waals surface area contributed by atoms with Crippen LogP contribution < -0.4 is 10.1 Å². The van der Waals surface area contributed by atoms with Gasteiger partial charge in [0, 0.05) is 6.04 Å². The summed E-state index contributed by atoms with van der Waals surface area (Å²) >= 11 is 0. The predicted octanol–water partition coefficient (Wildman–Crippen LogP) is 4.70. The molecule has 1 aromatic carbocycles. The van der Waals surface area contributed by atoms with Gasteiger partial charge < -0.3 is 10.1 Å². The molecule has 0 aromatic heterocycles. The van der Waals surface area contributed by atoms with Crippen LogP contribution in [0.15, 0.2) is 24.3 Å². The van der Waals surface area contributed by atoms with Crippen molar-refractivity contribution in [1.29, 1.82) is 0 Å². The van der Waals surface area contributed by atoms with Gasteiger partial charge in [-0.1, -0.05) is 32.9 Å². The molecule has 1 aromatic rings. The molecule has 2 nitrogen and oxygen atoms in total. The Hall–Kier alpha value is -1.02. The fourth-order valence-electron chi connectivity index (χ4n) is 3.09. The minimum absolute atomic E-state index is 0.396. The second kappa shape index (κ2) is 6.62. The summed E-state index contributed by atoms with van der Waals surface area (Å²) in [6.07, 6.45) is 6.39. The summed E-state index contributed by atoms with van der Waals surface area (Å²) in [6.45, 7) is 6.93. The molecule has 1 fully saturated rings. The summed E-state index contributed by atoms with van der Waals surface area (Å²) in [4.78, 5) is 0. The highest BCUT2D eigenvalue weighted by molar-refractivity contribution is 5.30. The average Bonchev–Trinajstić information content (AvgIpc) is 2.43. The molecule has 0 radical (unpaired) electrons. The Morgan fingerprint density at radius 3 is 2.60 bits per heavy atom. The zero-order valence-corrected chi connectivity index (χ0v) is 13.4. The second-order valence-electron chi connectivity index (χ2n) is 6.80. The maximum atomic E-state index is 6.20. The lowest BCUT2D eigenvalue weighted by Gasteiger charge is -2.34. The van der Waals surface area contributed by atoms with Gasteiger partial charge in [0.05, 0.1) is 6.10 Å². The monoisotopic (exact) mass is 275 g/mol. The second-order valence-corrected chi connectivity index (χ2v) is 6.80. The number of hydrogen-bond acceptors (Lipinski definition) is 2. The van der Waals surface area contributed by atoms with Crippen LogP contribution in [0, 0.1) is 5.41 Å². The smallest absolute Gasteiger partial charge is 0.120 e. The fraction of sp³-hybridized carbons (Fsp3) is 0.667. The first kappa shape index (κ1) is 15.4. The molecular weight excluding hydrogens is 246 g/mol. The number of hydrogen-bond donors (Lipinski definition) is 1. The summed E-state index contributed by atoms with van der Waals surface area (Å²) in [6, 6.07) is 9.00. The Balaban J connectivity index is 1.98. The zero-order chi connectivity index (χ0) is 14.6. The van der Waals surface area contributed by atoms with Crippen molar-refractivity contribution in [3.63, 3.8) is 0 Å². The summed E-state index contributed by atoms with van der Waals surface area (Å²) in [5.41, 5.74) is 1.82. The van der Waals surface area contributed by atoms with Gasteiger partial charge in [-0.3, -0.25) is 0 Å². The Kier molecular flexibility index (Phi) is 5.09. The standard InChI is InChI=1S/C18H29NO/c1-5-17(19-4)14-7-6-8-16(13-14)20-15-9-11-18(2,3)12-10-15/h6-8,13,15,17,19H,5,9-12H2,1-4H3. The molecule has 112 valence electrons. The summed E-state index contributed by atoms with van der Waals surface area (Å²) in [5, 5.41) is 3.35. The molecule has 0 saturated heterocycles. The summed E-state index contributed by atoms with van der Waals surface area (Å²) in [7, 11) is 2.02. The number of rotatable bonds is 5. The van der Waals surface area contributed by atoms with E-state index in [0.29, 0.717) is 17.6 Å². The number of ether oxygens (including phenoxy) is 1. The summed E-state index contributed by atoms with van der Waals surface area (Å²) < 4.78 is 6.20. The van der Waals surface area contributed by atoms with Crippen LogP contribution in [0.1, 0.15) is 64.5 Å². The van der Waals surface area contributed by atoms with Crippen molar-refractivity contribution >= 4 is 0 Å². The highest BCUT2D eigenvalue weighted by atomic mass is 16.5. The molecular formula is C18H29NO.